The number of benzene rings is 1. The topological polar surface area (TPSA) is 69.4 Å². The average Bonchev–Trinajstić information content (AvgIpc) is 2.44. The molecule has 1 fully saturated rings. The molecular weight excluding hydrogens is 274 g/mol. The van der Waals surface area contributed by atoms with E-state index in [1.165, 1.54) is 0 Å². The molecule has 2 N–H and O–H groups in total. The summed E-state index contributed by atoms with van der Waals surface area (Å²) in [5.74, 6) is 0.964. The molecule has 1 saturated heterocycles. The molecule has 5 heteroatoms. The summed E-state index contributed by atoms with van der Waals surface area (Å²) >= 11 is 0. The number of ether oxygens (including phenoxy) is 1. The molecule has 0 saturated carbocycles. The van der Waals surface area contributed by atoms with Gasteiger partial charge in [-0.1, -0.05) is 31.5 Å². The van der Waals surface area contributed by atoms with Crippen molar-refractivity contribution < 1.29 is 13.2 Å². The van der Waals surface area contributed by atoms with Gasteiger partial charge in [0, 0.05) is 5.56 Å². The van der Waals surface area contributed by atoms with Crippen LogP contribution in [-0.4, -0.2) is 26.0 Å². The van der Waals surface area contributed by atoms with E-state index in [4.69, 9.17) is 10.5 Å². The molecule has 1 aliphatic rings. The second-order valence-corrected chi connectivity index (χ2v) is 7.65. The normalized spacial score (nSPS) is 23.2. The SMILES string of the molecule is CCCOc1ccccc1C(N)C1CCCCS1(=O)=O. The number of sulfone groups is 1. The molecule has 2 unspecified atom stereocenters. The third kappa shape index (κ3) is 3.33. The van der Waals surface area contributed by atoms with Crippen LogP contribution in [0.3, 0.4) is 0 Å². The van der Waals surface area contributed by atoms with Gasteiger partial charge in [0.2, 0.25) is 0 Å². The van der Waals surface area contributed by atoms with E-state index in [-0.39, 0.29) is 5.75 Å². The van der Waals surface area contributed by atoms with Crippen LogP contribution in [0, 0.1) is 0 Å². The summed E-state index contributed by atoms with van der Waals surface area (Å²) in [4.78, 5) is 0. The Kier molecular flexibility index (Phi) is 5.05. The molecule has 1 heterocycles. The van der Waals surface area contributed by atoms with E-state index in [0.717, 1.165) is 24.8 Å². The highest BCUT2D eigenvalue weighted by Crippen LogP contribution is 2.33. The zero-order chi connectivity index (χ0) is 14.6. The number of nitrogens with two attached hydrogens (primary N) is 1. The van der Waals surface area contributed by atoms with Crippen molar-refractivity contribution >= 4 is 9.84 Å². The van der Waals surface area contributed by atoms with Crippen molar-refractivity contribution in [1.29, 1.82) is 0 Å². The number of hydrogen-bond acceptors (Lipinski definition) is 4. The zero-order valence-electron chi connectivity index (χ0n) is 11.9. The van der Waals surface area contributed by atoms with Crippen molar-refractivity contribution in [2.24, 2.45) is 5.73 Å². The first-order chi connectivity index (χ1) is 9.56. The minimum atomic E-state index is -3.09. The lowest BCUT2D eigenvalue weighted by Gasteiger charge is -2.28. The largest absolute Gasteiger partial charge is 0.493 e. The smallest absolute Gasteiger partial charge is 0.155 e. The number of para-hydroxylation sites is 1. The van der Waals surface area contributed by atoms with E-state index in [9.17, 15) is 8.42 Å². The summed E-state index contributed by atoms with van der Waals surface area (Å²) in [6, 6.07) is 6.99. The molecule has 1 aliphatic heterocycles. The van der Waals surface area contributed by atoms with Crippen molar-refractivity contribution in [3.05, 3.63) is 29.8 Å². The second-order valence-electron chi connectivity index (χ2n) is 5.31. The van der Waals surface area contributed by atoms with Crippen LogP contribution in [0.4, 0.5) is 0 Å². The Labute approximate surface area is 121 Å². The predicted octanol–water partition coefficient (Wildman–Crippen LogP) is 2.44. The van der Waals surface area contributed by atoms with Gasteiger partial charge in [0.1, 0.15) is 5.75 Å². The molecule has 112 valence electrons. The van der Waals surface area contributed by atoms with Crippen LogP contribution in [0.15, 0.2) is 24.3 Å². The van der Waals surface area contributed by atoms with E-state index in [1.54, 1.807) is 0 Å². The van der Waals surface area contributed by atoms with E-state index in [2.05, 4.69) is 0 Å². The first-order valence-corrected chi connectivity index (χ1v) is 8.96. The Hall–Kier alpha value is -1.07. The second kappa shape index (κ2) is 6.59. The molecule has 0 radical (unpaired) electrons. The minimum absolute atomic E-state index is 0.253. The molecule has 0 spiro atoms. The molecule has 2 rings (SSSR count). The number of hydrogen-bond donors (Lipinski definition) is 1. The molecule has 1 aromatic rings. The molecule has 0 amide bonds. The van der Waals surface area contributed by atoms with E-state index in [1.807, 2.05) is 31.2 Å². The third-order valence-corrected chi connectivity index (χ3v) is 6.08. The molecule has 1 aromatic carbocycles. The first kappa shape index (κ1) is 15.3. The summed E-state index contributed by atoms with van der Waals surface area (Å²) in [5.41, 5.74) is 7.06. The third-order valence-electron chi connectivity index (χ3n) is 3.77. The molecule has 2 atom stereocenters. The zero-order valence-corrected chi connectivity index (χ0v) is 12.7. The van der Waals surface area contributed by atoms with Gasteiger partial charge in [-0.05, 0) is 25.3 Å². The van der Waals surface area contributed by atoms with E-state index >= 15 is 0 Å². The van der Waals surface area contributed by atoms with Crippen LogP contribution in [-0.2, 0) is 9.84 Å². The van der Waals surface area contributed by atoms with Crippen LogP contribution in [0.2, 0.25) is 0 Å². The fourth-order valence-corrected chi connectivity index (χ4v) is 4.71. The van der Waals surface area contributed by atoms with Gasteiger partial charge in [0.25, 0.3) is 0 Å². The lowest BCUT2D eigenvalue weighted by molar-refractivity contribution is 0.311. The van der Waals surface area contributed by atoms with Gasteiger partial charge >= 0.3 is 0 Å². The van der Waals surface area contributed by atoms with Gasteiger partial charge in [-0.25, -0.2) is 8.42 Å². The van der Waals surface area contributed by atoms with Crippen LogP contribution in [0.5, 0.6) is 5.75 Å². The maximum Gasteiger partial charge on any atom is 0.155 e. The van der Waals surface area contributed by atoms with Crippen LogP contribution >= 0.6 is 0 Å². The summed E-state index contributed by atoms with van der Waals surface area (Å²) in [5, 5.41) is -0.484. The summed E-state index contributed by atoms with van der Waals surface area (Å²) in [7, 11) is -3.09. The van der Waals surface area contributed by atoms with Gasteiger partial charge in [-0.15, -0.1) is 0 Å². The highest BCUT2D eigenvalue weighted by molar-refractivity contribution is 7.92. The highest BCUT2D eigenvalue weighted by atomic mass is 32.2. The van der Waals surface area contributed by atoms with Crippen LogP contribution in [0.1, 0.15) is 44.2 Å². The molecular formula is C15H23NO3S. The van der Waals surface area contributed by atoms with Gasteiger partial charge in [-0.3, -0.25) is 0 Å². The van der Waals surface area contributed by atoms with Gasteiger partial charge in [-0.2, -0.15) is 0 Å². The number of rotatable bonds is 5. The summed E-state index contributed by atoms with van der Waals surface area (Å²) in [6.45, 7) is 2.65. The summed E-state index contributed by atoms with van der Waals surface area (Å²) in [6.07, 6.45) is 3.23. The first-order valence-electron chi connectivity index (χ1n) is 7.25. The molecule has 20 heavy (non-hydrogen) atoms. The van der Waals surface area contributed by atoms with Crippen molar-refractivity contribution in [2.75, 3.05) is 12.4 Å². The van der Waals surface area contributed by atoms with E-state index < -0.39 is 21.1 Å². The monoisotopic (exact) mass is 297 g/mol. The summed E-state index contributed by atoms with van der Waals surface area (Å²) < 4.78 is 30.1. The average molecular weight is 297 g/mol. The van der Waals surface area contributed by atoms with Crippen molar-refractivity contribution in [2.45, 2.75) is 43.9 Å². The van der Waals surface area contributed by atoms with E-state index in [0.29, 0.717) is 18.8 Å². The standard InChI is InChI=1S/C15H23NO3S/c1-2-10-19-13-8-4-3-7-12(13)15(16)14-9-5-6-11-20(14,17)18/h3-4,7-8,14-15H,2,5-6,9-11,16H2,1H3. The Balaban J connectivity index is 2.26. The quantitative estimate of drug-likeness (QED) is 0.906. The maximum atomic E-state index is 12.2. The fraction of sp³-hybridized carbons (Fsp3) is 0.600. The van der Waals surface area contributed by atoms with Crippen molar-refractivity contribution in [1.82, 2.24) is 0 Å². The lowest BCUT2D eigenvalue weighted by atomic mass is 9.99. The predicted molar refractivity (Wildman–Crippen MR) is 80.6 cm³/mol. The molecule has 4 nitrogen and oxygen atoms in total. The van der Waals surface area contributed by atoms with Gasteiger partial charge in [0.15, 0.2) is 9.84 Å². The minimum Gasteiger partial charge on any atom is -0.493 e. The molecule has 0 aliphatic carbocycles. The highest BCUT2D eigenvalue weighted by Gasteiger charge is 2.35. The van der Waals surface area contributed by atoms with Crippen molar-refractivity contribution in [3.8, 4) is 5.75 Å². The Bertz CT molecular complexity index is 542. The molecule has 0 aromatic heterocycles. The van der Waals surface area contributed by atoms with Gasteiger partial charge in [0.05, 0.1) is 23.7 Å². The lowest BCUT2D eigenvalue weighted by Crippen LogP contribution is -2.38. The maximum absolute atomic E-state index is 12.2. The van der Waals surface area contributed by atoms with Crippen LogP contribution < -0.4 is 10.5 Å². The van der Waals surface area contributed by atoms with Gasteiger partial charge < -0.3 is 10.5 Å². The van der Waals surface area contributed by atoms with Crippen molar-refractivity contribution in [3.63, 3.8) is 0 Å². The Morgan fingerprint density at radius 1 is 1.35 bits per heavy atom. The Morgan fingerprint density at radius 2 is 2.10 bits per heavy atom. The fourth-order valence-electron chi connectivity index (χ4n) is 2.68. The Morgan fingerprint density at radius 3 is 2.80 bits per heavy atom. The molecule has 0 bridgehead atoms. The van der Waals surface area contributed by atoms with Crippen LogP contribution in [0.25, 0.3) is 0 Å².